The highest BCUT2D eigenvalue weighted by Gasteiger charge is 2.21. The van der Waals surface area contributed by atoms with Crippen LogP contribution in [0.3, 0.4) is 0 Å². The van der Waals surface area contributed by atoms with E-state index in [1.165, 1.54) is 20.0 Å². The van der Waals surface area contributed by atoms with Crippen molar-refractivity contribution >= 4 is 5.95 Å². The summed E-state index contributed by atoms with van der Waals surface area (Å²) >= 11 is 0. The molecule has 106 valence electrons. The van der Waals surface area contributed by atoms with Crippen molar-refractivity contribution in [3.63, 3.8) is 0 Å². The Labute approximate surface area is 114 Å². The summed E-state index contributed by atoms with van der Waals surface area (Å²) < 4.78 is 10.9. The highest BCUT2D eigenvalue weighted by Crippen LogP contribution is 2.26. The van der Waals surface area contributed by atoms with Crippen LogP contribution in [-0.2, 0) is 0 Å². The summed E-state index contributed by atoms with van der Waals surface area (Å²) in [6, 6.07) is 0.632. The molecule has 0 spiro atoms. The molecule has 2 rings (SSSR count). The molecule has 1 aromatic heterocycles. The predicted molar refractivity (Wildman–Crippen MR) is 72.6 cm³/mol. The third-order valence-corrected chi connectivity index (χ3v) is 3.35. The normalized spacial score (nSPS) is 22.9. The summed E-state index contributed by atoms with van der Waals surface area (Å²) in [6.07, 6.45) is 4.73. The number of hydrogen-bond acceptors (Lipinski definition) is 6. The minimum Gasteiger partial charge on any atom is -0.467 e. The summed E-state index contributed by atoms with van der Waals surface area (Å²) in [6.45, 7) is 5.01. The van der Waals surface area contributed by atoms with E-state index >= 15 is 0 Å². The number of nitrogens with one attached hydrogen (secondary N) is 1. The zero-order valence-electron chi connectivity index (χ0n) is 11.8. The highest BCUT2D eigenvalue weighted by atomic mass is 16.5. The van der Waals surface area contributed by atoms with Crippen molar-refractivity contribution < 1.29 is 9.47 Å². The van der Waals surface area contributed by atoms with Crippen LogP contribution < -0.4 is 14.8 Å². The molecule has 0 bridgehead atoms. The fourth-order valence-corrected chi connectivity index (χ4v) is 2.22. The van der Waals surface area contributed by atoms with Crippen LogP contribution in [0, 0.1) is 5.92 Å². The summed E-state index contributed by atoms with van der Waals surface area (Å²) in [4.78, 5) is 12.5. The Morgan fingerprint density at radius 2 is 1.79 bits per heavy atom. The van der Waals surface area contributed by atoms with Crippen LogP contribution in [0.2, 0.25) is 0 Å². The summed E-state index contributed by atoms with van der Waals surface area (Å²) in [5.74, 6) is 1.29. The molecule has 0 radical (unpaired) electrons. The summed E-state index contributed by atoms with van der Waals surface area (Å²) in [7, 11) is 1.54. The van der Waals surface area contributed by atoms with Gasteiger partial charge in [0.2, 0.25) is 5.95 Å². The number of ether oxygens (including phenoxy) is 2. The van der Waals surface area contributed by atoms with Crippen molar-refractivity contribution in [1.82, 2.24) is 15.0 Å². The molecule has 6 nitrogen and oxygen atoms in total. The van der Waals surface area contributed by atoms with Crippen LogP contribution in [-0.4, -0.2) is 34.7 Å². The molecule has 0 aromatic carbocycles. The average Bonchev–Trinajstić information content (AvgIpc) is 2.41. The summed E-state index contributed by atoms with van der Waals surface area (Å²) in [5, 5.41) is 3.04. The van der Waals surface area contributed by atoms with E-state index in [1.807, 2.05) is 6.92 Å². The standard InChI is InChI=1S/C13H22N4O2/c1-4-14-11-15-12(18-3)17-13(16-11)19-10-7-5-9(2)6-8-10/h9-10H,4-8H2,1-3H3,(H,14,15,16,17). The number of aromatic nitrogens is 3. The molecule has 0 aliphatic heterocycles. The van der Waals surface area contributed by atoms with Crippen LogP contribution in [0.4, 0.5) is 5.95 Å². The molecular formula is C13H22N4O2. The van der Waals surface area contributed by atoms with Gasteiger partial charge >= 0.3 is 12.0 Å². The number of nitrogens with zero attached hydrogens (tertiary/aromatic N) is 3. The maximum absolute atomic E-state index is 5.85. The van der Waals surface area contributed by atoms with Crippen molar-refractivity contribution in [2.24, 2.45) is 5.92 Å². The van der Waals surface area contributed by atoms with Gasteiger partial charge in [0.05, 0.1) is 7.11 Å². The van der Waals surface area contributed by atoms with Gasteiger partial charge in [0, 0.05) is 6.54 Å². The Hall–Kier alpha value is -1.59. The van der Waals surface area contributed by atoms with E-state index in [9.17, 15) is 0 Å². The third-order valence-electron chi connectivity index (χ3n) is 3.35. The van der Waals surface area contributed by atoms with E-state index in [-0.39, 0.29) is 12.1 Å². The molecule has 1 aromatic rings. The van der Waals surface area contributed by atoms with Gasteiger partial charge in [-0.3, -0.25) is 0 Å². The van der Waals surface area contributed by atoms with E-state index in [0.29, 0.717) is 12.0 Å². The van der Waals surface area contributed by atoms with Crippen molar-refractivity contribution in [1.29, 1.82) is 0 Å². The van der Waals surface area contributed by atoms with Crippen molar-refractivity contribution in [2.45, 2.75) is 45.6 Å². The SMILES string of the molecule is CCNc1nc(OC)nc(OC2CCC(C)CC2)n1. The number of methoxy groups -OCH3 is 1. The zero-order chi connectivity index (χ0) is 13.7. The molecule has 19 heavy (non-hydrogen) atoms. The Kier molecular flexibility index (Phi) is 4.76. The molecule has 1 fully saturated rings. The molecule has 6 heteroatoms. The van der Waals surface area contributed by atoms with Gasteiger partial charge in [0.25, 0.3) is 0 Å². The molecule has 1 heterocycles. The molecule has 0 saturated heterocycles. The van der Waals surface area contributed by atoms with Gasteiger partial charge in [-0.2, -0.15) is 9.97 Å². The third kappa shape index (κ3) is 3.94. The first-order chi connectivity index (χ1) is 9.21. The van der Waals surface area contributed by atoms with Crippen LogP contribution in [0.15, 0.2) is 0 Å². The number of hydrogen-bond donors (Lipinski definition) is 1. The van der Waals surface area contributed by atoms with E-state index in [1.54, 1.807) is 0 Å². The van der Waals surface area contributed by atoms with Gasteiger partial charge in [0.15, 0.2) is 0 Å². The first-order valence-corrected chi connectivity index (χ1v) is 6.91. The van der Waals surface area contributed by atoms with E-state index in [0.717, 1.165) is 25.3 Å². The van der Waals surface area contributed by atoms with Gasteiger partial charge < -0.3 is 14.8 Å². The van der Waals surface area contributed by atoms with Gasteiger partial charge in [-0.1, -0.05) is 6.92 Å². The Bertz CT molecular complexity index is 406. The van der Waals surface area contributed by atoms with Gasteiger partial charge in [-0.05, 0) is 38.5 Å². The van der Waals surface area contributed by atoms with Crippen LogP contribution in [0.5, 0.6) is 12.0 Å². The molecule has 1 N–H and O–H groups in total. The van der Waals surface area contributed by atoms with Crippen molar-refractivity contribution in [3.8, 4) is 12.0 Å². The fourth-order valence-electron chi connectivity index (χ4n) is 2.22. The average molecular weight is 266 g/mol. The topological polar surface area (TPSA) is 69.2 Å². The minimum absolute atomic E-state index is 0.206. The first-order valence-electron chi connectivity index (χ1n) is 6.91. The lowest BCUT2D eigenvalue weighted by molar-refractivity contribution is 0.122. The second-order valence-electron chi connectivity index (χ2n) is 4.96. The van der Waals surface area contributed by atoms with Gasteiger partial charge in [-0.25, -0.2) is 0 Å². The lowest BCUT2D eigenvalue weighted by Crippen LogP contribution is -2.24. The molecule has 1 aliphatic carbocycles. The number of rotatable bonds is 5. The molecule has 1 aliphatic rings. The van der Waals surface area contributed by atoms with Gasteiger partial charge in [0.1, 0.15) is 6.10 Å². The molecule has 0 unspecified atom stereocenters. The number of anilines is 1. The quantitative estimate of drug-likeness (QED) is 0.881. The highest BCUT2D eigenvalue weighted by molar-refractivity contribution is 5.27. The predicted octanol–water partition coefficient (Wildman–Crippen LogP) is 2.27. The van der Waals surface area contributed by atoms with Crippen molar-refractivity contribution in [2.75, 3.05) is 19.0 Å². The first kappa shape index (κ1) is 13.8. The summed E-state index contributed by atoms with van der Waals surface area (Å²) in [5.41, 5.74) is 0. The second-order valence-corrected chi connectivity index (χ2v) is 4.96. The van der Waals surface area contributed by atoms with Crippen molar-refractivity contribution in [3.05, 3.63) is 0 Å². The van der Waals surface area contributed by atoms with Crippen LogP contribution in [0.25, 0.3) is 0 Å². The molecule has 1 saturated carbocycles. The van der Waals surface area contributed by atoms with E-state index < -0.39 is 0 Å². The Morgan fingerprint density at radius 1 is 1.11 bits per heavy atom. The Balaban J connectivity index is 2.04. The largest absolute Gasteiger partial charge is 0.467 e. The second kappa shape index (κ2) is 6.54. The van der Waals surface area contributed by atoms with Crippen LogP contribution >= 0.6 is 0 Å². The van der Waals surface area contributed by atoms with Crippen LogP contribution in [0.1, 0.15) is 39.5 Å². The lowest BCUT2D eigenvalue weighted by Gasteiger charge is -2.25. The maximum atomic E-state index is 5.85. The van der Waals surface area contributed by atoms with E-state index in [4.69, 9.17) is 9.47 Å². The fraction of sp³-hybridized carbons (Fsp3) is 0.769. The molecule has 0 atom stereocenters. The van der Waals surface area contributed by atoms with E-state index in [2.05, 4.69) is 27.2 Å². The molecule has 0 amide bonds. The Morgan fingerprint density at radius 3 is 2.42 bits per heavy atom. The van der Waals surface area contributed by atoms with Gasteiger partial charge in [-0.15, -0.1) is 4.98 Å². The molecular weight excluding hydrogens is 244 g/mol. The monoisotopic (exact) mass is 266 g/mol. The zero-order valence-corrected chi connectivity index (χ0v) is 11.8. The smallest absolute Gasteiger partial charge is 0.324 e. The minimum atomic E-state index is 0.206. The maximum Gasteiger partial charge on any atom is 0.324 e. The lowest BCUT2D eigenvalue weighted by atomic mass is 9.89.